The zero-order valence-corrected chi connectivity index (χ0v) is 18.6. The van der Waals surface area contributed by atoms with Gasteiger partial charge in [0.25, 0.3) is 0 Å². The van der Waals surface area contributed by atoms with Crippen LogP contribution >= 0.6 is 0 Å². The monoisotopic (exact) mass is 410 g/mol. The highest BCUT2D eigenvalue weighted by molar-refractivity contribution is 6.10. The van der Waals surface area contributed by atoms with Crippen LogP contribution in [0.3, 0.4) is 0 Å². The van der Waals surface area contributed by atoms with Gasteiger partial charge < -0.3 is 14.2 Å². The minimum absolute atomic E-state index is 0.199. The van der Waals surface area contributed by atoms with Crippen molar-refractivity contribution >= 4 is 22.6 Å². The molecule has 2 aliphatic rings. The third-order valence-corrected chi connectivity index (χ3v) is 6.92. The summed E-state index contributed by atoms with van der Waals surface area (Å²) in [5.41, 5.74) is 2.80. The van der Waals surface area contributed by atoms with Crippen LogP contribution in [0.2, 0.25) is 0 Å². The van der Waals surface area contributed by atoms with Crippen LogP contribution in [0.4, 0.5) is 0 Å². The van der Waals surface area contributed by atoms with Crippen LogP contribution in [-0.2, 0) is 17.8 Å². The molecular weight excluding hydrogens is 376 g/mol. The highest BCUT2D eigenvalue weighted by Gasteiger charge is 2.36. The van der Waals surface area contributed by atoms with Crippen molar-refractivity contribution in [2.75, 3.05) is 7.11 Å². The summed E-state index contributed by atoms with van der Waals surface area (Å²) in [6.45, 7) is 4.71. The molecule has 162 valence electrons. The van der Waals surface area contributed by atoms with Crippen molar-refractivity contribution in [1.29, 1.82) is 0 Å². The van der Waals surface area contributed by atoms with E-state index in [0.29, 0.717) is 25.0 Å². The van der Waals surface area contributed by atoms with E-state index in [9.17, 15) is 9.59 Å². The number of ketones is 1. The number of likely N-dealkylation sites (tertiary alicyclic amines) is 1. The van der Waals surface area contributed by atoms with Gasteiger partial charge in [0.15, 0.2) is 5.78 Å². The third kappa shape index (κ3) is 3.63. The van der Waals surface area contributed by atoms with Gasteiger partial charge in [-0.05, 0) is 50.7 Å². The van der Waals surface area contributed by atoms with E-state index < -0.39 is 0 Å². The molecule has 1 amide bonds. The number of rotatable bonds is 7. The molecule has 0 bridgehead atoms. The summed E-state index contributed by atoms with van der Waals surface area (Å²) in [5, 5.41) is 0.958. The van der Waals surface area contributed by atoms with Gasteiger partial charge in [-0.3, -0.25) is 9.59 Å². The normalized spacial score (nSPS) is 21.3. The molecule has 1 saturated heterocycles. The van der Waals surface area contributed by atoms with Crippen LogP contribution < -0.4 is 4.74 Å². The molecule has 5 nitrogen and oxygen atoms in total. The summed E-state index contributed by atoms with van der Waals surface area (Å²) in [4.78, 5) is 28.6. The highest BCUT2D eigenvalue weighted by atomic mass is 16.5. The zero-order chi connectivity index (χ0) is 21.3. The van der Waals surface area contributed by atoms with Crippen molar-refractivity contribution in [1.82, 2.24) is 9.47 Å². The van der Waals surface area contributed by atoms with Gasteiger partial charge in [-0.2, -0.15) is 0 Å². The molecule has 4 rings (SSSR count). The largest absolute Gasteiger partial charge is 0.497 e. The molecule has 1 aromatic carbocycles. The molecule has 0 N–H and O–H groups in total. The predicted molar refractivity (Wildman–Crippen MR) is 119 cm³/mol. The van der Waals surface area contributed by atoms with Crippen molar-refractivity contribution in [3.63, 3.8) is 0 Å². The number of Topliss-reactive ketones (excluding diaryl/α,β-unsaturated/α-hetero) is 1. The molecule has 1 aromatic heterocycles. The Labute approximate surface area is 179 Å². The Morgan fingerprint density at radius 3 is 2.43 bits per heavy atom. The van der Waals surface area contributed by atoms with Gasteiger partial charge in [0.1, 0.15) is 12.3 Å². The summed E-state index contributed by atoms with van der Waals surface area (Å²) in [5.74, 6) is 1.16. The van der Waals surface area contributed by atoms with Gasteiger partial charge in [0.05, 0.1) is 12.6 Å². The predicted octanol–water partition coefficient (Wildman–Crippen LogP) is 5.13. The van der Waals surface area contributed by atoms with Gasteiger partial charge in [0, 0.05) is 41.2 Å². The van der Waals surface area contributed by atoms with Crippen LogP contribution in [0.5, 0.6) is 5.75 Å². The van der Waals surface area contributed by atoms with E-state index in [1.54, 1.807) is 7.11 Å². The first-order valence-electron chi connectivity index (χ1n) is 11.6. The Morgan fingerprint density at radius 1 is 1.10 bits per heavy atom. The van der Waals surface area contributed by atoms with E-state index in [2.05, 4.69) is 23.3 Å². The smallest absolute Gasteiger partial charge is 0.243 e. The Hall–Kier alpha value is -2.30. The van der Waals surface area contributed by atoms with Crippen molar-refractivity contribution in [2.24, 2.45) is 0 Å². The fourth-order valence-corrected chi connectivity index (χ4v) is 5.62. The first-order chi connectivity index (χ1) is 14.6. The average molecular weight is 411 g/mol. The molecule has 0 radical (unpaired) electrons. The van der Waals surface area contributed by atoms with E-state index in [1.165, 1.54) is 0 Å². The van der Waals surface area contributed by atoms with E-state index in [0.717, 1.165) is 79.3 Å². The van der Waals surface area contributed by atoms with E-state index >= 15 is 0 Å². The quantitative estimate of drug-likeness (QED) is 0.636. The van der Waals surface area contributed by atoms with E-state index in [-0.39, 0.29) is 11.7 Å². The Kier molecular flexibility index (Phi) is 6.16. The standard InChI is InChI=1S/C25H34N2O3/c1-4-7-17-11-12-18(8-5-2)27(17)24(29)16-26-21-9-6-10-23(28)25(21)20-14-13-19(30-3)15-22(20)26/h13-15,17-18H,4-12,16H2,1-3H3. The number of fused-ring (bicyclic) bond motifs is 3. The van der Waals surface area contributed by atoms with Gasteiger partial charge in [-0.15, -0.1) is 0 Å². The number of nitrogens with zero attached hydrogens (tertiary/aromatic N) is 2. The first kappa shape index (κ1) is 21.0. The van der Waals surface area contributed by atoms with Crippen LogP contribution in [0.15, 0.2) is 18.2 Å². The van der Waals surface area contributed by atoms with Crippen LogP contribution in [0, 0.1) is 0 Å². The second kappa shape index (κ2) is 8.83. The summed E-state index contributed by atoms with van der Waals surface area (Å²) in [7, 11) is 1.65. The average Bonchev–Trinajstić information content (AvgIpc) is 3.28. The second-order valence-corrected chi connectivity index (χ2v) is 8.83. The number of carbonyl (C=O) groups excluding carboxylic acids is 2. The minimum atomic E-state index is 0.199. The minimum Gasteiger partial charge on any atom is -0.497 e. The molecule has 5 heteroatoms. The van der Waals surface area contributed by atoms with Crippen molar-refractivity contribution in [2.45, 2.75) is 90.3 Å². The number of methoxy groups -OCH3 is 1. The molecular formula is C25H34N2O3. The lowest BCUT2D eigenvalue weighted by atomic mass is 9.94. The van der Waals surface area contributed by atoms with Crippen molar-refractivity contribution in [3.8, 4) is 5.75 Å². The molecule has 2 heterocycles. The van der Waals surface area contributed by atoms with Crippen LogP contribution in [0.25, 0.3) is 10.9 Å². The SMILES string of the molecule is CCCC1CCC(CCC)N1C(=O)Cn1c2c(c3ccc(OC)cc31)C(=O)CCC2. The number of hydrogen-bond acceptors (Lipinski definition) is 3. The first-order valence-corrected chi connectivity index (χ1v) is 11.6. The lowest BCUT2D eigenvalue weighted by Gasteiger charge is -2.31. The van der Waals surface area contributed by atoms with Crippen molar-refractivity contribution < 1.29 is 14.3 Å². The van der Waals surface area contributed by atoms with Crippen LogP contribution in [-0.4, -0.2) is 40.4 Å². The Morgan fingerprint density at radius 2 is 1.80 bits per heavy atom. The van der Waals surface area contributed by atoms with Crippen molar-refractivity contribution in [3.05, 3.63) is 29.5 Å². The second-order valence-electron chi connectivity index (χ2n) is 8.83. The molecule has 0 saturated carbocycles. The Bertz CT molecular complexity index is 932. The fourth-order valence-electron chi connectivity index (χ4n) is 5.62. The summed E-state index contributed by atoms with van der Waals surface area (Å²) < 4.78 is 7.55. The summed E-state index contributed by atoms with van der Waals surface area (Å²) >= 11 is 0. The zero-order valence-electron chi connectivity index (χ0n) is 18.6. The number of benzene rings is 1. The molecule has 1 aliphatic carbocycles. The van der Waals surface area contributed by atoms with Gasteiger partial charge in [-0.25, -0.2) is 0 Å². The topological polar surface area (TPSA) is 51.5 Å². The molecule has 2 atom stereocenters. The number of amides is 1. The maximum absolute atomic E-state index is 13.6. The maximum Gasteiger partial charge on any atom is 0.243 e. The van der Waals surface area contributed by atoms with Gasteiger partial charge >= 0.3 is 0 Å². The third-order valence-electron chi connectivity index (χ3n) is 6.92. The number of hydrogen-bond donors (Lipinski definition) is 0. The lowest BCUT2D eigenvalue weighted by Crippen LogP contribution is -2.43. The summed E-state index contributed by atoms with van der Waals surface area (Å²) in [6, 6.07) is 6.57. The number of carbonyl (C=O) groups is 2. The van der Waals surface area contributed by atoms with E-state index in [1.807, 2.05) is 18.2 Å². The number of aromatic nitrogens is 1. The lowest BCUT2D eigenvalue weighted by molar-refractivity contribution is -0.135. The highest BCUT2D eigenvalue weighted by Crippen LogP contribution is 2.35. The van der Waals surface area contributed by atoms with Gasteiger partial charge in [-0.1, -0.05) is 26.7 Å². The summed E-state index contributed by atoms with van der Waals surface area (Å²) in [6.07, 6.45) is 8.86. The molecule has 1 fully saturated rings. The fraction of sp³-hybridized carbons (Fsp3) is 0.600. The molecule has 2 unspecified atom stereocenters. The number of ether oxygens (including phenoxy) is 1. The molecule has 30 heavy (non-hydrogen) atoms. The molecule has 1 aliphatic heterocycles. The van der Waals surface area contributed by atoms with Gasteiger partial charge in [0.2, 0.25) is 5.91 Å². The van der Waals surface area contributed by atoms with Crippen LogP contribution in [0.1, 0.15) is 81.3 Å². The molecule has 0 spiro atoms. The van der Waals surface area contributed by atoms with E-state index in [4.69, 9.17) is 4.74 Å². The molecule has 2 aromatic rings. The maximum atomic E-state index is 13.6. The Balaban J connectivity index is 1.73.